The van der Waals surface area contributed by atoms with Gasteiger partial charge in [-0.1, -0.05) is 43.3 Å². The Balaban J connectivity index is 1.76. The predicted molar refractivity (Wildman–Crippen MR) is 98.8 cm³/mol. The lowest BCUT2D eigenvalue weighted by Gasteiger charge is -2.27. The monoisotopic (exact) mass is 320 g/mol. The highest BCUT2D eigenvalue weighted by atomic mass is 16.5. The van der Waals surface area contributed by atoms with Crippen LogP contribution in [0.4, 0.5) is 0 Å². The Morgan fingerprint density at radius 1 is 0.958 bits per heavy atom. The molecule has 24 heavy (non-hydrogen) atoms. The molecule has 2 aromatic carbocycles. The van der Waals surface area contributed by atoms with Gasteiger partial charge in [0.05, 0.1) is 5.52 Å². The third-order valence-electron chi connectivity index (χ3n) is 4.85. The third-order valence-corrected chi connectivity index (χ3v) is 4.85. The summed E-state index contributed by atoms with van der Waals surface area (Å²) in [6.45, 7) is 4.49. The lowest BCUT2D eigenvalue weighted by atomic mass is 10.2. The van der Waals surface area contributed by atoms with Crippen molar-refractivity contribution in [1.82, 2.24) is 9.47 Å². The lowest BCUT2D eigenvalue weighted by Crippen LogP contribution is -2.37. The van der Waals surface area contributed by atoms with Gasteiger partial charge in [-0.3, -0.25) is 9.47 Å². The maximum absolute atomic E-state index is 6.51. The first kappa shape index (κ1) is 15.3. The molecule has 1 saturated heterocycles. The second-order valence-electron chi connectivity index (χ2n) is 6.44. The van der Waals surface area contributed by atoms with Crippen molar-refractivity contribution in [2.24, 2.45) is 0 Å². The van der Waals surface area contributed by atoms with Crippen molar-refractivity contribution in [3.05, 3.63) is 60.7 Å². The van der Waals surface area contributed by atoms with Crippen molar-refractivity contribution in [3.8, 4) is 11.6 Å². The smallest absolute Gasteiger partial charge is 0.200 e. The molecule has 0 N–H and O–H groups in total. The first-order chi connectivity index (χ1) is 11.9. The van der Waals surface area contributed by atoms with Crippen LogP contribution in [0, 0.1) is 0 Å². The number of nitrogens with zero attached hydrogens (tertiary/aromatic N) is 2. The zero-order chi connectivity index (χ0) is 16.4. The SMILES string of the molecule is CCC(Oc1cc2ccccc2n1-c1ccccc1)N1CCCC1. The molecule has 0 amide bonds. The molecule has 1 aliphatic heterocycles. The van der Waals surface area contributed by atoms with Crippen molar-refractivity contribution in [2.75, 3.05) is 13.1 Å². The molecule has 3 aromatic rings. The normalized spacial score (nSPS) is 16.5. The highest BCUT2D eigenvalue weighted by Gasteiger charge is 2.23. The van der Waals surface area contributed by atoms with E-state index in [2.05, 4.69) is 77.1 Å². The number of benzene rings is 2. The molecular formula is C21H24N2O. The molecule has 124 valence electrons. The highest BCUT2D eigenvalue weighted by molar-refractivity contribution is 5.84. The summed E-state index contributed by atoms with van der Waals surface area (Å²) in [6, 6.07) is 21.1. The molecular weight excluding hydrogens is 296 g/mol. The number of para-hydroxylation sites is 2. The summed E-state index contributed by atoms with van der Waals surface area (Å²) < 4.78 is 8.74. The van der Waals surface area contributed by atoms with E-state index in [1.807, 2.05) is 0 Å². The van der Waals surface area contributed by atoms with Crippen LogP contribution in [0.1, 0.15) is 26.2 Å². The molecule has 1 unspecified atom stereocenters. The molecule has 1 aliphatic rings. The van der Waals surface area contributed by atoms with Crippen LogP contribution in [0.15, 0.2) is 60.7 Å². The zero-order valence-corrected chi connectivity index (χ0v) is 14.2. The molecule has 2 heterocycles. The van der Waals surface area contributed by atoms with Gasteiger partial charge in [-0.15, -0.1) is 0 Å². The van der Waals surface area contributed by atoms with Crippen LogP contribution in [-0.4, -0.2) is 28.8 Å². The fourth-order valence-electron chi connectivity index (χ4n) is 3.64. The summed E-state index contributed by atoms with van der Waals surface area (Å²) in [6.07, 6.45) is 3.71. The molecule has 3 heteroatoms. The Kier molecular flexibility index (Phi) is 4.26. The first-order valence-electron chi connectivity index (χ1n) is 8.93. The number of hydrogen-bond donors (Lipinski definition) is 0. The van der Waals surface area contributed by atoms with Gasteiger partial charge in [-0.2, -0.15) is 0 Å². The van der Waals surface area contributed by atoms with Crippen LogP contribution in [0.5, 0.6) is 5.88 Å². The van der Waals surface area contributed by atoms with Crippen molar-refractivity contribution in [2.45, 2.75) is 32.4 Å². The van der Waals surface area contributed by atoms with Crippen molar-refractivity contribution in [1.29, 1.82) is 0 Å². The summed E-state index contributed by atoms with van der Waals surface area (Å²) in [5.74, 6) is 0.932. The van der Waals surface area contributed by atoms with Gasteiger partial charge in [0, 0.05) is 30.2 Å². The Hall–Kier alpha value is -2.26. The van der Waals surface area contributed by atoms with Crippen LogP contribution < -0.4 is 4.74 Å². The van der Waals surface area contributed by atoms with Crippen LogP contribution >= 0.6 is 0 Å². The number of ether oxygens (including phenoxy) is 1. The molecule has 1 fully saturated rings. The van der Waals surface area contributed by atoms with E-state index in [0.717, 1.165) is 31.1 Å². The molecule has 1 atom stereocenters. The van der Waals surface area contributed by atoms with E-state index < -0.39 is 0 Å². The minimum atomic E-state index is 0.152. The number of fused-ring (bicyclic) bond motifs is 1. The second kappa shape index (κ2) is 6.70. The fourth-order valence-corrected chi connectivity index (χ4v) is 3.64. The van der Waals surface area contributed by atoms with Gasteiger partial charge in [0.15, 0.2) is 6.23 Å². The second-order valence-corrected chi connectivity index (χ2v) is 6.44. The summed E-state index contributed by atoms with van der Waals surface area (Å²) >= 11 is 0. The predicted octanol–water partition coefficient (Wildman–Crippen LogP) is 4.84. The number of rotatable bonds is 5. The third kappa shape index (κ3) is 2.80. The van der Waals surface area contributed by atoms with Gasteiger partial charge in [-0.05, 0) is 37.5 Å². The number of hydrogen-bond acceptors (Lipinski definition) is 2. The summed E-state index contributed by atoms with van der Waals surface area (Å²) in [5, 5.41) is 1.22. The van der Waals surface area contributed by atoms with Crippen molar-refractivity contribution < 1.29 is 4.74 Å². The van der Waals surface area contributed by atoms with Gasteiger partial charge < -0.3 is 4.74 Å². The minimum absolute atomic E-state index is 0.152. The van der Waals surface area contributed by atoms with E-state index in [1.54, 1.807) is 0 Å². The molecule has 0 spiro atoms. The first-order valence-corrected chi connectivity index (χ1v) is 8.93. The molecule has 3 nitrogen and oxygen atoms in total. The van der Waals surface area contributed by atoms with E-state index in [0.29, 0.717) is 0 Å². The maximum Gasteiger partial charge on any atom is 0.200 e. The fraction of sp³-hybridized carbons (Fsp3) is 0.333. The molecule has 0 saturated carbocycles. The number of aromatic nitrogens is 1. The van der Waals surface area contributed by atoms with E-state index in [1.165, 1.54) is 23.7 Å². The van der Waals surface area contributed by atoms with E-state index >= 15 is 0 Å². The van der Waals surface area contributed by atoms with Crippen LogP contribution in [0.2, 0.25) is 0 Å². The zero-order valence-electron chi connectivity index (χ0n) is 14.2. The van der Waals surface area contributed by atoms with Crippen molar-refractivity contribution in [3.63, 3.8) is 0 Å². The Labute approximate surface area is 143 Å². The quantitative estimate of drug-likeness (QED) is 0.669. The topological polar surface area (TPSA) is 17.4 Å². The van der Waals surface area contributed by atoms with E-state index in [-0.39, 0.29) is 6.23 Å². The molecule has 0 radical (unpaired) electrons. The average Bonchev–Trinajstić information content (AvgIpc) is 3.28. The van der Waals surface area contributed by atoms with Crippen LogP contribution in [-0.2, 0) is 0 Å². The van der Waals surface area contributed by atoms with Crippen LogP contribution in [0.3, 0.4) is 0 Å². The Bertz CT molecular complexity index is 803. The molecule has 0 aliphatic carbocycles. The van der Waals surface area contributed by atoms with Gasteiger partial charge in [-0.25, -0.2) is 0 Å². The largest absolute Gasteiger partial charge is 0.459 e. The van der Waals surface area contributed by atoms with E-state index in [9.17, 15) is 0 Å². The lowest BCUT2D eigenvalue weighted by molar-refractivity contribution is 0.0353. The Morgan fingerprint density at radius 2 is 1.67 bits per heavy atom. The maximum atomic E-state index is 6.51. The van der Waals surface area contributed by atoms with Gasteiger partial charge in [0.25, 0.3) is 0 Å². The summed E-state index contributed by atoms with van der Waals surface area (Å²) in [5.41, 5.74) is 2.33. The Morgan fingerprint density at radius 3 is 2.42 bits per heavy atom. The molecule has 4 rings (SSSR count). The summed E-state index contributed by atoms with van der Waals surface area (Å²) in [7, 11) is 0. The van der Waals surface area contributed by atoms with Gasteiger partial charge >= 0.3 is 0 Å². The minimum Gasteiger partial charge on any atom is -0.459 e. The van der Waals surface area contributed by atoms with Gasteiger partial charge in [0.1, 0.15) is 0 Å². The van der Waals surface area contributed by atoms with Crippen LogP contribution in [0.25, 0.3) is 16.6 Å². The highest BCUT2D eigenvalue weighted by Crippen LogP contribution is 2.31. The van der Waals surface area contributed by atoms with Gasteiger partial charge in [0.2, 0.25) is 5.88 Å². The standard InChI is InChI=1S/C21H24N2O/c1-2-20(22-14-8-9-15-22)24-21-16-17-10-6-7-13-19(17)23(21)18-11-4-3-5-12-18/h3-7,10-13,16,20H,2,8-9,14-15H2,1H3. The summed E-state index contributed by atoms with van der Waals surface area (Å²) in [4.78, 5) is 2.47. The van der Waals surface area contributed by atoms with Crippen molar-refractivity contribution >= 4 is 10.9 Å². The molecule has 1 aromatic heterocycles. The number of likely N-dealkylation sites (tertiary alicyclic amines) is 1. The van der Waals surface area contributed by atoms with E-state index in [4.69, 9.17) is 4.74 Å². The molecule has 0 bridgehead atoms. The average molecular weight is 320 g/mol.